The van der Waals surface area contributed by atoms with E-state index in [1.165, 1.54) is 16.4 Å². The maximum atomic E-state index is 13.5. The highest BCUT2D eigenvalue weighted by Gasteiger charge is 2.58. The van der Waals surface area contributed by atoms with Crippen LogP contribution in [0.2, 0.25) is 0 Å². The summed E-state index contributed by atoms with van der Waals surface area (Å²) >= 11 is 1.19. The standard InChI is InChI=1S/C27H26N6O6S2/c1-16-20(15-40-27-29-30-31-32(27)2)23(26(36)39-14-18-9-11-19(38-3)12-10-18)33-24(35)22(25(33)41(16)37)28-21(34)13-17-7-5-4-6-8-17/h4-12,22,25H,1,13-15H2,2-3H3,(H,28,34). The van der Waals surface area contributed by atoms with Crippen molar-refractivity contribution in [3.63, 3.8) is 0 Å². The van der Waals surface area contributed by atoms with Gasteiger partial charge in [0.05, 0.1) is 24.3 Å². The van der Waals surface area contributed by atoms with Crippen molar-refractivity contribution in [2.45, 2.75) is 29.6 Å². The van der Waals surface area contributed by atoms with Crippen LogP contribution in [0.5, 0.6) is 5.75 Å². The normalized spacial score (nSPS) is 19.9. The zero-order valence-corrected chi connectivity index (χ0v) is 23.8. The molecule has 0 spiro atoms. The fourth-order valence-electron chi connectivity index (χ4n) is 4.39. The predicted molar refractivity (Wildman–Crippen MR) is 149 cm³/mol. The fourth-order valence-corrected chi connectivity index (χ4v) is 6.92. The van der Waals surface area contributed by atoms with Gasteiger partial charge in [0.15, 0.2) is 0 Å². The largest absolute Gasteiger partial charge is 0.497 e. The summed E-state index contributed by atoms with van der Waals surface area (Å²) in [5.41, 5.74) is 1.70. The summed E-state index contributed by atoms with van der Waals surface area (Å²) in [4.78, 5) is 40.9. The summed E-state index contributed by atoms with van der Waals surface area (Å²) in [5, 5.41) is 13.5. The van der Waals surface area contributed by atoms with Crippen molar-refractivity contribution in [1.29, 1.82) is 0 Å². The van der Waals surface area contributed by atoms with E-state index in [9.17, 15) is 18.6 Å². The Bertz CT molecular complexity index is 1560. The number of nitrogens with one attached hydrogen (secondary N) is 1. The van der Waals surface area contributed by atoms with Crippen molar-refractivity contribution >= 4 is 40.3 Å². The van der Waals surface area contributed by atoms with E-state index in [0.717, 1.165) is 10.5 Å². The minimum absolute atomic E-state index is 0.0468. The highest BCUT2D eigenvalue weighted by molar-refractivity contribution is 7.99. The summed E-state index contributed by atoms with van der Waals surface area (Å²) < 4.78 is 25.8. The molecule has 5 rings (SSSR count). The summed E-state index contributed by atoms with van der Waals surface area (Å²) in [7, 11) is 1.40. The number of aromatic nitrogens is 4. The zero-order chi connectivity index (χ0) is 29.1. The monoisotopic (exact) mass is 594 g/mol. The fraction of sp³-hybridized carbons (Fsp3) is 0.259. The molecular formula is C27H26N6O6S2. The highest BCUT2D eigenvalue weighted by atomic mass is 32.2. The van der Waals surface area contributed by atoms with E-state index in [2.05, 4.69) is 27.4 Å². The number of β-lactam (4-membered cyclic amide) rings is 1. The zero-order valence-electron chi connectivity index (χ0n) is 22.2. The first-order valence-corrected chi connectivity index (χ1v) is 14.6. The van der Waals surface area contributed by atoms with Crippen LogP contribution in [0, 0.1) is 0 Å². The second-order valence-corrected chi connectivity index (χ2v) is 11.7. The van der Waals surface area contributed by atoms with Crippen LogP contribution in [-0.2, 0) is 50.0 Å². The van der Waals surface area contributed by atoms with Gasteiger partial charge in [0.25, 0.3) is 5.91 Å². The van der Waals surface area contributed by atoms with E-state index in [1.54, 1.807) is 50.6 Å². The highest BCUT2D eigenvalue weighted by Crippen LogP contribution is 2.41. The number of benzene rings is 2. The number of ether oxygens (including phenoxy) is 2. The maximum absolute atomic E-state index is 13.5. The third-order valence-corrected chi connectivity index (χ3v) is 9.23. The van der Waals surface area contributed by atoms with Gasteiger partial charge in [0.2, 0.25) is 11.1 Å². The Morgan fingerprint density at radius 3 is 2.51 bits per heavy atom. The van der Waals surface area contributed by atoms with Crippen LogP contribution in [0.15, 0.2) is 82.5 Å². The first kappa shape index (κ1) is 28.2. The molecule has 0 aliphatic carbocycles. The van der Waals surface area contributed by atoms with Gasteiger partial charge in [-0.1, -0.05) is 60.8 Å². The number of carbonyl (C=O) groups excluding carboxylic acids is 3. The quantitative estimate of drug-likeness (QED) is 0.208. The lowest BCUT2D eigenvalue weighted by Crippen LogP contribution is -2.73. The molecule has 14 heteroatoms. The molecule has 3 aromatic rings. The Morgan fingerprint density at radius 2 is 1.85 bits per heavy atom. The number of hydrogen-bond acceptors (Lipinski definition) is 10. The molecule has 3 atom stereocenters. The van der Waals surface area contributed by atoms with Gasteiger partial charge in [-0.3, -0.25) is 18.7 Å². The van der Waals surface area contributed by atoms with Gasteiger partial charge in [-0.25, -0.2) is 9.48 Å². The van der Waals surface area contributed by atoms with Crippen molar-refractivity contribution in [3.05, 3.63) is 88.5 Å². The number of methoxy groups -OCH3 is 1. The lowest BCUT2D eigenvalue weighted by molar-refractivity contribution is -0.153. The molecule has 2 aliphatic rings. The molecule has 0 saturated carbocycles. The van der Waals surface area contributed by atoms with Crippen LogP contribution < -0.4 is 10.1 Å². The van der Waals surface area contributed by atoms with Gasteiger partial charge < -0.3 is 14.8 Å². The number of nitrogens with zero attached hydrogens (tertiary/aromatic N) is 5. The molecule has 12 nitrogen and oxygen atoms in total. The second-order valence-electron chi connectivity index (χ2n) is 9.15. The molecule has 3 unspecified atom stereocenters. The van der Waals surface area contributed by atoms with Crippen LogP contribution in [0.3, 0.4) is 0 Å². The van der Waals surface area contributed by atoms with Gasteiger partial charge in [0.1, 0.15) is 29.5 Å². The topological polar surface area (TPSA) is 146 Å². The summed E-state index contributed by atoms with van der Waals surface area (Å²) in [6.45, 7) is 3.92. The number of thioether (sulfide) groups is 1. The Balaban J connectivity index is 1.39. The number of rotatable bonds is 10. The van der Waals surface area contributed by atoms with Gasteiger partial charge in [-0.2, -0.15) is 0 Å². The van der Waals surface area contributed by atoms with Crippen LogP contribution >= 0.6 is 11.8 Å². The molecule has 41 heavy (non-hydrogen) atoms. The molecule has 1 fully saturated rings. The van der Waals surface area contributed by atoms with E-state index in [4.69, 9.17) is 9.47 Å². The van der Waals surface area contributed by atoms with Crippen LogP contribution in [0.4, 0.5) is 0 Å². The summed E-state index contributed by atoms with van der Waals surface area (Å²) in [6, 6.07) is 15.0. The molecule has 2 amide bonds. The third kappa shape index (κ3) is 5.79. The van der Waals surface area contributed by atoms with Crippen LogP contribution in [0.25, 0.3) is 0 Å². The molecule has 1 aromatic heterocycles. The van der Waals surface area contributed by atoms with E-state index >= 15 is 0 Å². The molecule has 1 saturated heterocycles. The molecule has 3 heterocycles. The molecule has 2 aliphatic heterocycles. The molecule has 0 bridgehead atoms. The average molecular weight is 595 g/mol. The first-order chi connectivity index (χ1) is 19.8. The Labute approximate surface area is 242 Å². The van der Waals surface area contributed by atoms with E-state index < -0.39 is 40.0 Å². The predicted octanol–water partition coefficient (Wildman–Crippen LogP) is 1.48. The van der Waals surface area contributed by atoms with Crippen molar-refractivity contribution in [2.24, 2.45) is 7.05 Å². The average Bonchev–Trinajstić information content (AvgIpc) is 3.40. The third-order valence-electron chi connectivity index (χ3n) is 6.54. The van der Waals surface area contributed by atoms with E-state index in [-0.39, 0.29) is 35.0 Å². The van der Waals surface area contributed by atoms with E-state index in [1.807, 2.05) is 18.2 Å². The van der Waals surface area contributed by atoms with Gasteiger partial charge in [-0.15, -0.1) is 5.10 Å². The molecule has 212 valence electrons. The number of hydrogen-bond donors (Lipinski definition) is 1. The Morgan fingerprint density at radius 1 is 1.12 bits per heavy atom. The number of aryl methyl sites for hydroxylation is 1. The van der Waals surface area contributed by atoms with Crippen molar-refractivity contribution < 1.29 is 28.1 Å². The smallest absolute Gasteiger partial charge is 0.355 e. The molecule has 1 N–H and O–H groups in total. The van der Waals surface area contributed by atoms with Gasteiger partial charge in [-0.05, 0) is 33.7 Å². The van der Waals surface area contributed by atoms with Gasteiger partial charge >= 0.3 is 5.97 Å². The second kappa shape index (κ2) is 12.1. The minimum atomic E-state index is -1.81. The lowest BCUT2D eigenvalue weighted by Gasteiger charge is -2.49. The SMILES string of the molecule is C=C1C(CSc2nnnn2C)=C(C(=O)OCc2ccc(OC)cc2)N2C(=O)C(NC(=O)Cc3ccccc3)C2S1=O. The number of tetrazole rings is 1. The Kier molecular flexibility index (Phi) is 8.31. The molecule has 0 radical (unpaired) electrons. The van der Waals surface area contributed by atoms with Crippen LogP contribution in [0.1, 0.15) is 11.1 Å². The number of esters is 1. The maximum Gasteiger partial charge on any atom is 0.355 e. The summed E-state index contributed by atoms with van der Waals surface area (Å²) in [5.74, 6) is -0.983. The number of amides is 2. The van der Waals surface area contributed by atoms with Crippen LogP contribution in [-0.4, -0.2) is 71.4 Å². The van der Waals surface area contributed by atoms with Crippen molar-refractivity contribution in [1.82, 2.24) is 30.4 Å². The lowest BCUT2D eigenvalue weighted by atomic mass is 10.0. The van der Waals surface area contributed by atoms with Crippen molar-refractivity contribution in [3.8, 4) is 5.75 Å². The number of fused-ring (bicyclic) bond motifs is 1. The minimum Gasteiger partial charge on any atom is -0.497 e. The molecular weight excluding hydrogens is 568 g/mol. The first-order valence-electron chi connectivity index (χ1n) is 12.4. The number of allylic oxidation sites excluding steroid dienone is 1. The Hall–Kier alpha value is -4.30. The summed E-state index contributed by atoms with van der Waals surface area (Å²) in [6.07, 6.45) is 0.0468. The number of carbonyl (C=O) groups is 3. The van der Waals surface area contributed by atoms with Crippen molar-refractivity contribution in [2.75, 3.05) is 12.9 Å². The molecule has 2 aromatic carbocycles. The van der Waals surface area contributed by atoms with Gasteiger partial charge in [0, 0.05) is 23.3 Å². The van der Waals surface area contributed by atoms with E-state index in [0.29, 0.717) is 16.5 Å².